The van der Waals surface area contributed by atoms with Crippen LogP contribution in [0.1, 0.15) is 25.3 Å². The second-order valence-corrected chi connectivity index (χ2v) is 6.64. The number of nitrogens with two attached hydrogens (primary N) is 1. The quantitative estimate of drug-likeness (QED) is 0.402. The van der Waals surface area contributed by atoms with Crippen LogP contribution in [0.2, 0.25) is 0 Å². The smallest absolute Gasteiger partial charge is 0.338 e. The average molecular weight is 478 g/mol. The van der Waals surface area contributed by atoms with E-state index in [0.29, 0.717) is 0 Å². The minimum atomic E-state index is -1.27. The predicted octanol–water partition coefficient (Wildman–Crippen LogP) is 4.13. The highest BCUT2D eigenvalue weighted by Gasteiger charge is 2.39. The summed E-state index contributed by atoms with van der Waals surface area (Å²) in [4.78, 5) is 12.4. The van der Waals surface area contributed by atoms with Gasteiger partial charge in [-0.25, -0.2) is 13.6 Å². The first kappa shape index (κ1) is 19.4. The third kappa shape index (κ3) is 3.41. The van der Waals surface area contributed by atoms with Crippen LogP contribution in [0.5, 0.6) is 0 Å². The Morgan fingerprint density at radius 1 is 1.48 bits per heavy atom. The van der Waals surface area contributed by atoms with E-state index in [1.165, 1.54) is 6.92 Å². The largest absolute Gasteiger partial charge is 0.463 e. The molecule has 1 aromatic carbocycles. The number of esters is 1. The Hall–Kier alpha value is -1.92. The molecule has 5 nitrogen and oxygen atoms in total. The van der Waals surface area contributed by atoms with Crippen molar-refractivity contribution in [2.75, 3.05) is 6.61 Å². The Kier molecular flexibility index (Phi) is 5.85. The molecule has 0 aromatic heterocycles. The second kappa shape index (κ2) is 7.54. The molecule has 1 aliphatic heterocycles. The number of allylic oxidation sites excluding steroid dienone is 2. The maximum absolute atomic E-state index is 14.6. The van der Waals surface area contributed by atoms with E-state index in [2.05, 4.69) is 31.9 Å². The molecule has 1 unspecified atom stereocenters. The van der Waals surface area contributed by atoms with Crippen molar-refractivity contribution >= 4 is 37.8 Å². The molecule has 1 heterocycles. The van der Waals surface area contributed by atoms with E-state index in [4.69, 9.17) is 15.2 Å². The van der Waals surface area contributed by atoms with E-state index in [-0.39, 0.29) is 43.9 Å². The molecule has 0 radical (unpaired) electrons. The van der Waals surface area contributed by atoms with Gasteiger partial charge in [0.2, 0.25) is 5.88 Å². The van der Waals surface area contributed by atoms with Crippen LogP contribution >= 0.6 is 31.9 Å². The molecule has 2 rings (SSSR count). The first-order valence-electron chi connectivity index (χ1n) is 7.02. The molecule has 0 bridgehead atoms. The average Bonchev–Trinajstić information content (AvgIpc) is 2.53. The number of nitrogens with zero attached hydrogens (tertiary/aromatic N) is 1. The zero-order valence-corrected chi connectivity index (χ0v) is 16.3. The number of benzene rings is 1. The summed E-state index contributed by atoms with van der Waals surface area (Å²) in [6, 6.07) is 2.72. The van der Waals surface area contributed by atoms with Crippen LogP contribution < -0.4 is 5.73 Å². The summed E-state index contributed by atoms with van der Waals surface area (Å²) in [7, 11) is 0. The van der Waals surface area contributed by atoms with Crippen molar-refractivity contribution in [1.82, 2.24) is 0 Å². The highest BCUT2D eigenvalue weighted by molar-refractivity contribution is 9.11. The molecule has 0 saturated carbocycles. The third-order valence-electron chi connectivity index (χ3n) is 3.54. The predicted molar refractivity (Wildman–Crippen MR) is 91.7 cm³/mol. The van der Waals surface area contributed by atoms with Gasteiger partial charge in [-0.3, -0.25) is 0 Å². The van der Waals surface area contributed by atoms with Crippen molar-refractivity contribution in [3.63, 3.8) is 0 Å². The number of ether oxygens (including phenoxy) is 2. The Balaban J connectivity index is 2.81. The number of halogens is 4. The zero-order valence-electron chi connectivity index (χ0n) is 13.1. The highest BCUT2D eigenvalue weighted by Crippen LogP contribution is 2.45. The summed E-state index contributed by atoms with van der Waals surface area (Å²) in [5.74, 6) is -3.92. The Morgan fingerprint density at radius 2 is 2.12 bits per heavy atom. The fourth-order valence-electron chi connectivity index (χ4n) is 2.49. The van der Waals surface area contributed by atoms with Crippen LogP contribution in [0.15, 0.2) is 37.8 Å². The topological polar surface area (TPSA) is 85.3 Å². The Labute approximate surface area is 159 Å². The Morgan fingerprint density at radius 3 is 2.68 bits per heavy atom. The molecule has 9 heteroatoms. The van der Waals surface area contributed by atoms with Gasteiger partial charge < -0.3 is 15.2 Å². The molecule has 0 amide bonds. The lowest BCUT2D eigenvalue weighted by molar-refractivity contribution is -0.139. The lowest BCUT2D eigenvalue weighted by Crippen LogP contribution is -2.26. The van der Waals surface area contributed by atoms with Gasteiger partial charge in [0.05, 0.1) is 27.0 Å². The van der Waals surface area contributed by atoms with Crippen molar-refractivity contribution in [3.8, 4) is 6.07 Å². The van der Waals surface area contributed by atoms with Gasteiger partial charge in [-0.2, -0.15) is 5.26 Å². The highest BCUT2D eigenvalue weighted by atomic mass is 79.9. The molecule has 0 fully saturated rings. The van der Waals surface area contributed by atoms with Gasteiger partial charge in [0, 0.05) is 5.56 Å². The van der Waals surface area contributed by atoms with E-state index < -0.39 is 23.5 Å². The molecule has 2 N–H and O–H groups in total. The minimum absolute atomic E-state index is 0.0505. The van der Waals surface area contributed by atoms with Crippen LogP contribution in [0.25, 0.3) is 0 Å². The van der Waals surface area contributed by atoms with Crippen molar-refractivity contribution in [2.24, 2.45) is 5.73 Å². The molecule has 1 aromatic rings. The number of carbonyl (C=O) groups is 1. The van der Waals surface area contributed by atoms with Crippen LogP contribution in [0, 0.1) is 23.0 Å². The summed E-state index contributed by atoms with van der Waals surface area (Å²) in [5, 5.41) is 9.43. The van der Waals surface area contributed by atoms with E-state index in [1.54, 1.807) is 13.0 Å². The van der Waals surface area contributed by atoms with E-state index >= 15 is 0 Å². The van der Waals surface area contributed by atoms with Gasteiger partial charge >= 0.3 is 5.97 Å². The van der Waals surface area contributed by atoms with Crippen LogP contribution in [-0.2, 0) is 14.3 Å². The summed E-state index contributed by atoms with van der Waals surface area (Å²) >= 11 is 5.90. The molecule has 0 saturated heterocycles. The molecular weight excluding hydrogens is 466 g/mol. The fourth-order valence-corrected chi connectivity index (χ4v) is 3.79. The monoisotopic (exact) mass is 476 g/mol. The maximum Gasteiger partial charge on any atom is 0.338 e. The van der Waals surface area contributed by atoms with Gasteiger partial charge in [0.15, 0.2) is 5.82 Å². The third-order valence-corrected chi connectivity index (χ3v) is 4.89. The standard InChI is InChI=1S/C16H12Br2F2N2O3/c1-3-24-16(23)10-6(2)25-15(22)7(5-21)11(10)12-9(19)4-8(17)14(20)13(12)18/h4,11H,3,22H2,1-2H3. The van der Waals surface area contributed by atoms with Crippen molar-refractivity contribution in [1.29, 1.82) is 5.26 Å². The summed E-state index contributed by atoms with van der Waals surface area (Å²) < 4.78 is 38.8. The molecule has 1 aliphatic rings. The molecule has 1 atom stereocenters. The number of rotatable bonds is 3. The summed E-state index contributed by atoms with van der Waals surface area (Å²) in [5.41, 5.74) is 5.15. The van der Waals surface area contributed by atoms with Gasteiger partial charge in [0.1, 0.15) is 23.2 Å². The number of hydrogen-bond acceptors (Lipinski definition) is 5. The molecule has 0 aliphatic carbocycles. The normalized spacial score (nSPS) is 17.2. The van der Waals surface area contributed by atoms with Crippen LogP contribution in [-0.4, -0.2) is 12.6 Å². The minimum Gasteiger partial charge on any atom is -0.463 e. The van der Waals surface area contributed by atoms with Crippen molar-refractivity contribution in [3.05, 3.63) is 55.0 Å². The molecule has 132 valence electrons. The van der Waals surface area contributed by atoms with Crippen LogP contribution in [0.4, 0.5) is 8.78 Å². The van der Waals surface area contributed by atoms with Crippen molar-refractivity contribution in [2.45, 2.75) is 19.8 Å². The number of nitriles is 1. The molecule has 0 spiro atoms. The Bertz CT molecular complexity index is 860. The van der Waals surface area contributed by atoms with Crippen LogP contribution in [0.3, 0.4) is 0 Å². The summed E-state index contributed by atoms with van der Waals surface area (Å²) in [6.07, 6.45) is 0. The van der Waals surface area contributed by atoms with Gasteiger partial charge in [-0.05, 0) is 51.8 Å². The first-order valence-corrected chi connectivity index (χ1v) is 8.61. The van der Waals surface area contributed by atoms with E-state index in [1.807, 2.05) is 0 Å². The fraction of sp³-hybridized carbons (Fsp3) is 0.250. The zero-order chi connectivity index (χ0) is 18.9. The van der Waals surface area contributed by atoms with Crippen molar-refractivity contribution < 1.29 is 23.0 Å². The summed E-state index contributed by atoms with van der Waals surface area (Å²) in [6.45, 7) is 3.08. The lowest BCUT2D eigenvalue weighted by Gasteiger charge is -2.27. The molecular formula is C16H12Br2F2N2O3. The first-order chi connectivity index (χ1) is 11.7. The van der Waals surface area contributed by atoms with Gasteiger partial charge in [-0.1, -0.05) is 0 Å². The second-order valence-electron chi connectivity index (χ2n) is 5.00. The lowest BCUT2D eigenvalue weighted by atomic mass is 9.82. The molecule has 25 heavy (non-hydrogen) atoms. The van der Waals surface area contributed by atoms with Gasteiger partial charge in [-0.15, -0.1) is 0 Å². The maximum atomic E-state index is 14.6. The number of carbonyl (C=O) groups excluding carboxylic acids is 1. The SMILES string of the molecule is CCOC(=O)C1=C(C)OC(N)=C(C#N)C1c1c(F)cc(Br)c(F)c1Br. The van der Waals surface area contributed by atoms with E-state index in [9.17, 15) is 18.8 Å². The number of hydrogen-bond donors (Lipinski definition) is 1. The van der Waals surface area contributed by atoms with E-state index in [0.717, 1.165) is 6.07 Å². The van der Waals surface area contributed by atoms with Gasteiger partial charge in [0.25, 0.3) is 0 Å².